The molecule has 2 heterocycles. The average molecular weight is 428 g/mol. The van der Waals surface area contributed by atoms with Gasteiger partial charge in [0.15, 0.2) is 5.13 Å². The smallest absolute Gasteiger partial charge is 0.337 e. The third-order valence-corrected chi connectivity index (χ3v) is 5.65. The number of anilines is 1. The number of rotatable bonds is 6. The van der Waals surface area contributed by atoms with Gasteiger partial charge in [0, 0.05) is 30.3 Å². The molecule has 0 atom stereocenters. The lowest BCUT2D eigenvalue weighted by Gasteiger charge is -2.26. The summed E-state index contributed by atoms with van der Waals surface area (Å²) >= 11 is 1.41. The van der Waals surface area contributed by atoms with Crippen molar-refractivity contribution in [3.05, 3.63) is 52.0 Å². The molecule has 1 N–H and O–H groups in total. The number of ether oxygens (including phenoxy) is 1. The minimum Gasteiger partial charge on any atom is -0.465 e. The standard InChI is InChI=1S/C22H25N3O4S/c1-14(2)12-20(27)25-11-10-17-18(13-25)30-22(23-17)24-19(26)9-6-15-4-7-16(8-5-15)21(28)29-3/h4-9,14H,10-13H2,1-3H3,(H,23,24,26)/b9-6+. The summed E-state index contributed by atoms with van der Waals surface area (Å²) in [4.78, 5) is 43.4. The van der Waals surface area contributed by atoms with Crippen LogP contribution in [-0.2, 0) is 27.3 Å². The van der Waals surface area contributed by atoms with E-state index in [1.54, 1.807) is 30.3 Å². The molecule has 0 bridgehead atoms. The van der Waals surface area contributed by atoms with Crippen LogP contribution < -0.4 is 5.32 Å². The summed E-state index contributed by atoms with van der Waals surface area (Å²) in [5.74, 6) is -0.194. The Morgan fingerprint density at radius 3 is 2.67 bits per heavy atom. The summed E-state index contributed by atoms with van der Waals surface area (Å²) in [5.41, 5.74) is 2.19. The highest BCUT2D eigenvalue weighted by molar-refractivity contribution is 7.15. The fraction of sp³-hybridized carbons (Fsp3) is 0.364. The Balaban J connectivity index is 1.58. The molecule has 1 aromatic heterocycles. The summed E-state index contributed by atoms with van der Waals surface area (Å²) in [6.07, 6.45) is 4.33. The van der Waals surface area contributed by atoms with Gasteiger partial charge in [0.05, 0.1) is 24.9 Å². The lowest BCUT2D eigenvalue weighted by molar-refractivity contribution is -0.132. The first-order valence-electron chi connectivity index (χ1n) is 9.79. The number of nitrogens with one attached hydrogen (secondary N) is 1. The van der Waals surface area contributed by atoms with Crippen LogP contribution in [0.4, 0.5) is 5.13 Å². The number of fused-ring (bicyclic) bond motifs is 1. The lowest BCUT2D eigenvalue weighted by Crippen LogP contribution is -2.36. The van der Waals surface area contributed by atoms with E-state index in [1.165, 1.54) is 24.5 Å². The number of amides is 2. The number of carbonyl (C=O) groups is 3. The van der Waals surface area contributed by atoms with Crippen molar-refractivity contribution in [3.8, 4) is 0 Å². The minimum absolute atomic E-state index is 0.163. The molecule has 0 spiro atoms. The van der Waals surface area contributed by atoms with Crippen LogP contribution in [0.25, 0.3) is 6.08 Å². The number of hydrogen-bond donors (Lipinski definition) is 1. The maximum absolute atomic E-state index is 12.3. The molecule has 30 heavy (non-hydrogen) atoms. The van der Waals surface area contributed by atoms with E-state index in [-0.39, 0.29) is 11.8 Å². The molecule has 1 aromatic carbocycles. The van der Waals surface area contributed by atoms with Gasteiger partial charge < -0.3 is 9.64 Å². The molecule has 0 saturated carbocycles. The van der Waals surface area contributed by atoms with Crippen molar-refractivity contribution in [2.24, 2.45) is 5.92 Å². The Bertz CT molecular complexity index is 963. The van der Waals surface area contributed by atoms with Gasteiger partial charge in [0.25, 0.3) is 0 Å². The maximum atomic E-state index is 12.3. The first kappa shape index (κ1) is 21.7. The highest BCUT2D eigenvalue weighted by Crippen LogP contribution is 2.29. The molecule has 158 valence electrons. The van der Waals surface area contributed by atoms with E-state index >= 15 is 0 Å². The molecule has 0 radical (unpaired) electrons. The van der Waals surface area contributed by atoms with E-state index in [4.69, 9.17) is 0 Å². The van der Waals surface area contributed by atoms with E-state index in [0.29, 0.717) is 42.5 Å². The zero-order chi connectivity index (χ0) is 21.7. The SMILES string of the molecule is COC(=O)c1ccc(/C=C/C(=O)Nc2nc3c(s2)CN(C(=O)CC(C)C)CC3)cc1. The number of nitrogens with zero attached hydrogens (tertiary/aromatic N) is 2. The van der Waals surface area contributed by atoms with Crippen LogP contribution in [0.2, 0.25) is 0 Å². The molecule has 0 saturated heterocycles. The molecule has 2 aromatic rings. The third-order valence-electron chi connectivity index (χ3n) is 4.66. The predicted octanol–water partition coefficient (Wildman–Crippen LogP) is 3.51. The van der Waals surface area contributed by atoms with Gasteiger partial charge in [-0.25, -0.2) is 9.78 Å². The van der Waals surface area contributed by atoms with Crippen molar-refractivity contribution in [2.45, 2.75) is 33.2 Å². The zero-order valence-electron chi connectivity index (χ0n) is 17.3. The number of hydrogen-bond acceptors (Lipinski definition) is 6. The van der Waals surface area contributed by atoms with E-state index in [1.807, 2.05) is 18.7 Å². The van der Waals surface area contributed by atoms with Crippen LogP contribution in [0.15, 0.2) is 30.3 Å². The number of methoxy groups -OCH3 is 1. The molecule has 1 aliphatic heterocycles. The van der Waals surface area contributed by atoms with Gasteiger partial charge in [-0.3, -0.25) is 14.9 Å². The second-order valence-electron chi connectivity index (χ2n) is 7.49. The maximum Gasteiger partial charge on any atom is 0.337 e. The molecule has 0 unspecified atom stereocenters. The van der Waals surface area contributed by atoms with Crippen molar-refractivity contribution in [1.82, 2.24) is 9.88 Å². The van der Waals surface area contributed by atoms with Crippen LogP contribution >= 0.6 is 11.3 Å². The molecular weight excluding hydrogens is 402 g/mol. The van der Waals surface area contributed by atoms with Crippen molar-refractivity contribution >= 4 is 40.3 Å². The Morgan fingerprint density at radius 2 is 2.00 bits per heavy atom. The fourth-order valence-corrected chi connectivity index (χ4v) is 4.13. The van der Waals surface area contributed by atoms with E-state index in [9.17, 15) is 14.4 Å². The first-order chi connectivity index (χ1) is 14.4. The first-order valence-corrected chi connectivity index (χ1v) is 10.6. The predicted molar refractivity (Wildman–Crippen MR) is 116 cm³/mol. The monoisotopic (exact) mass is 427 g/mol. The van der Waals surface area contributed by atoms with E-state index in [0.717, 1.165) is 16.1 Å². The number of benzene rings is 1. The normalized spacial score (nSPS) is 13.4. The highest BCUT2D eigenvalue weighted by Gasteiger charge is 2.24. The van der Waals surface area contributed by atoms with Gasteiger partial charge in [0.2, 0.25) is 11.8 Å². The van der Waals surface area contributed by atoms with Crippen LogP contribution in [0.3, 0.4) is 0 Å². The summed E-state index contributed by atoms with van der Waals surface area (Å²) in [6.45, 7) is 5.29. The largest absolute Gasteiger partial charge is 0.465 e. The summed E-state index contributed by atoms with van der Waals surface area (Å²) in [6, 6.07) is 6.76. The molecule has 2 amide bonds. The van der Waals surface area contributed by atoms with Crippen LogP contribution in [0.1, 0.15) is 46.8 Å². The van der Waals surface area contributed by atoms with E-state index < -0.39 is 5.97 Å². The van der Waals surface area contributed by atoms with Crippen molar-refractivity contribution < 1.29 is 19.1 Å². The number of aromatic nitrogens is 1. The highest BCUT2D eigenvalue weighted by atomic mass is 32.1. The summed E-state index contributed by atoms with van der Waals surface area (Å²) in [5, 5.41) is 3.32. The Hall–Kier alpha value is -3.00. The molecule has 0 aliphatic carbocycles. The van der Waals surface area contributed by atoms with Gasteiger partial charge in [-0.15, -0.1) is 0 Å². The number of thiazole rings is 1. The van der Waals surface area contributed by atoms with Crippen molar-refractivity contribution in [3.63, 3.8) is 0 Å². The number of esters is 1. The summed E-state index contributed by atoms with van der Waals surface area (Å²) in [7, 11) is 1.33. The average Bonchev–Trinajstić information content (AvgIpc) is 3.12. The quantitative estimate of drug-likeness (QED) is 0.563. The van der Waals surface area contributed by atoms with Gasteiger partial charge in [-0.05, 0) is 29.7 Å². The second-order valence-corrected chi connectivity index (χ2v) is 8.57. The minimum atomic E-state index is -0.402. The number of carbonyl (C=O) groups excluding carboxylic acids is 3. The molecule has 7 nitrogen and oxygen atoms in total. The van der Waals surface area contributed by atoms with Crippen LogP contribution in [0.5, 0.6) is 0 Å². The Kier molecular flexibility index (Phi) is 6.99. The molecule has 1 aliphatic rings. The fourth-order valence-electron chi connectivity index (χ4n) is 3.11. The third kappa shape index (κ3) is 5.54. The lowest BCUT2D eigenvalue weighted by atomic mass is 10.1. The molecular formula is C22H25N3O4S. The van der Waals surface area contributed by atoms with E-state index in [2.05, 4.69) is 15.0 Å². The van der Waals surface area contributed by atoms with Gasteiger partial charge in [-0.2, -0.15) is 0 Å². The molecule has 3 rings (SSSR count). The second kappa shape index (κ2) is 9.67. The van der Waals surface area contributed by atoms with Gasteiger partial charge in [0.1, 0.15) is 0 Å². The molecule has 0 fully saturated rings. The topological polar surface area (TPSA) is 88.6 Å². The molecule has 8 heteroatoms. The summed E-state index contributed by atoms with van der Waals surface area (Å²) < 4.78 is 4.66. The Labute approximate surface area is 179 Å². The van der Waals surface area contributed by atoms with Gasteiger partial charge in [-0.1, -0.05) is 37.3 Å². The van der Waals surface area contributed by atoms with Crippen LogP contribution in [-0.4, -0.2) is 41.3 Å². The van der Waals surface area contributed by atoms with Crippen LogP contribution in [0, 0.1) is 5.92 Å². The zero-order valence-corrected chi connectivity index (χ0v) is 18.1. The van der Waals surface area contributed by atoms with Gasteiger partial charge >= 0.3 is 5.97 Å². The Morgan fingerprint density at radius 1 is 1.27 bits per heavy atom. The van der Waals surface area contributed by atoms with Crippen molar-refractivity contribution in [1.29, 1.82) is 0 Å². The van der Waals surface area contributed by atoms with Crippen molar-refractivity contribution in [2.75, 3.05) is 19.0 Å².